The van der Waals surface area contributed by atoms with Crippen LogP contribution in [0.5, 0.6) is 5.75 Å². The topological polar surface area (TPSA) is 64.3 Å². The summed E-state index contributed by atoms with van der Waals surface area (Å²) in [6, 6.07) is 12.8. The van der Waals surface area contributed by atoms with Crippen LogP contribution in [0, 0.1) is 5.92 Å². The molecule has 128 valence electrons. The highest BCUT2D eigenvalue weighted by molar-refractivity contribution is 6.20. The first-order valence-electron chi connectivity index (χ1n) is 8.19. The number of hydrogen-bond donors (Lipinski definition) is 1. The Morgan fingerprint density at radius 2 is 2.12 bits per heavy atom. The molecule has 0 spiro atoms. The molecule has 25 heavy (non-hydrogen) atoms. The average molecular weight is 357 g/mol. The summed E-state index contributed by atoms with van der Waals surface area (Å²) in [7, 11) is 0. The fraction of sp³-hybridized carbons (Fsp3) is 0.263. The molecule has 1 saturated carbocycles. The van der Waals surface area contributed by atoms with Crippen molar-refractivity contribution in [2.45, 2.75) is 24.9 Å². The first-order valence-corrected chi connectivity index (χ1v) is 8.63. The predicted molar refractivity (Wildman–Crippen MR) is 95.2 cm³/mol. The van der Waals surface area contributed by atoms with Crippen LogP contribution >= 0.6 is 11.6 Å². The lowest BCUT2D eigenvalue weighted by molar-refractivity contribution is 0.0699. The third-order valence-electron chi connectivity index (χ3n) is 4.31. The molecule has 0 amide bonds. The highest BCUT2D eigenvalue weighted by atomic mass is 35.5. The number of fused-ring (bicyclic) bond motifs is 1. The lowest BCUT2D eigenvalue weighted by Gasteiger charge is -2.12. The van der Waals surface area contributed by atoms with Crippen LogP contribution in [0.25, 0.3) is 10.9 Å². The van der Waals surface area contributed by atoms with E-state index in [2.05, 4.69) is 5.10 Å². The molecule has 1 aromatic heterocycles. The molecule has 3 aromatic rings. The maximum Gasteiger partial charge on any atom is 0.336 e. The Bertz CT molecular complexity index is 933. The number of alkyl halides is 1. The van der Waals surface area contributed by atoms with E-state index in [4.69, 9.17) is 16.3 Å². The van der Waals surface area contributed by atoms with E-state index in [1.54, 1.807) is 23.0 Å². The summed E-state index contributed by atoms with van der Waals surface area (Å²) >= 11 is 6.23. The smallest absolute Gasteiger partial charge is 0.336 e. The van der Waals surface area contributed by atoms with Crippen LogP contribution in [0.2, 0.25) is 0 Å². The predicted octanol–water partition coefficient (Wildman–Crippen LogP) is 4.14. The molecule has 1 atom stereocenters. The summed E-state index contributed by atoms with van der Waals surface area (Å²) in [6.45, 7) is 0.529. The number of carboxylic acids is 1. The van der Waals surface area contributed by atoms with E-state index >= 15 is 0 Å². The number of halogens is 1. The van der Waals surface area contributed by atoms with Gasteiger partial charge in [0.05, 0.1) is 17.6 Å². The Morgan fingerprint density at radius 3 is 2.88 bits per heavy atom. The second kappa shape index (κ2) is 6.41. The Morgan fingerprint density at radius 1 is 1.32 bits per heavy atom. The van der Waals surface area contributed by atoms with Crippen LogP contribution in [0.15, 0.2) is 48.7 Å². The fourth-order valence-electron chi connectivity index (χ4n) is 2.85. The summed E-state index contributed by atoms with van der Waals surface area (Å²) in [5.41, 5.74) is 1.67. The minimum atomic E-state index is -0.950. The Hall–Kier alpha value is -2.53. The molecule has 4 rings (SSSR count). The number of ether oxygens (including phenoxy) is 1. The molecule has 6 heteroatoms. The zero-order valence-electron chi connectivity index (χ0n) is 13.4. The van der Waals surface area contributed by atoms with Crippen LogP contribution < -0.4 is 4.74 Å². The van der Waals surface area contributed by atoms with E-state index in [-0.39, 0.29) is 11.1 Å². The second-order valence-electron chi connectivity index (χ2n) is 6.32. The fourth-order valence-corrected chi connectivity index (χ4v) is 3.20. The van der Waals surface area contributed by atoms with E-state index < -0.39 is 5.97 Å². The Kier molecular flexibility index (Phi) is 4.09. The largest absolute Gasteiger partial charge is 0.478 e. The molecular formula is C19H17ClN2O3. The van der Waals surface area contributed by atoms with Crippen LogP contribution in [0.1, 0.15) is 28.8 Å². The van der Waals surface area contributed by atoms with E-state index in [0.29, 0.717) is 23.4 Å². The van der Waals surface area contributed by atoms with Crippen molar-refractivity contribution in [2.75, 3.05) is 0 Å². The number of aromatic nitrogens is 2. The van der Waals surface area contributed by atoms with Crippen molar-refractivity contribution < 1.29 is 14.6 Å². The minimum absolute atomic E-state index is 0.259. The van der Waals surface area contributed by atoms with Gasteiger partial charge < -0.3 is 9.84 Å². The monoisotopic (exact) mass is 356 g/mol. The van der Waals surface area contributed by atoms with Gasteiger partial charge in [-0.2, -0.15) is 5.10 Å². The van der Waals surface area contributed by atoms with Gasteiger partial charge in [-0.3, -0.25) is 4.68 Å². The van der Waals surface area contributed by atoms with E-state index in [1.807, 2.05) is 30.3 Å². The van der Waals surface area contributed by atoms with Crippen molar-refractivity contribution in [3.8, 4) is 5.75 Å². The van der Waals surface area contributed by atoms with Crippen molar-refractivity contribution in [3.63, 3.8) is 0 Å². The van der Waals surface area contributed by atoms with E-state index in [9.17, 15) is 9.90 Å². The second-order valence-corrected chi connectivity index (χ2v) is 6.75. The SMILES string of the molecule is O=C(O)c1cccc2nn(Cc3cccc(OC(Cl)C4CC4)c3)cc12. The van der Waals surface area contributed by atoms with Crippen molar-refractivity contribution in [1.29, 1.82) is 0 Å². The molecule has 2 aromatic carbocycles. The maximum absolute atomic E-state index is 11.3. The molecule has 1 aliphatic carbocycles. The lowest BCUT2D eigenvalue weighted by atomic mass is 10.1. The van der Waals surface area contributed by atoms with Gasteiger partial charge in [-0.1, -0.05) is 29.8 Å². The zero-order chi connectivity index (χ0) is 17.4. The lowest BCUT2D eigenvalue weighted by Crippen LogP contribution is -2.11. The Labute approximate surface area is 149 Å². The molecule has 1 fully saturated rings. The van der Waals surface area contributed by atoms with Crippen molar-refractivity contribution in [1.82, 2.24) is 9.78 Å². The van der Waals surface area contributed by atoms with E-state index in [0.717, 1.165) is 24.2 Å². The van der Waals surface area contributed by atoms with Gasteiger partial charge in [-0.25, -0.2) is 4.79 Å². The molecule has 0 radical (unpaired) electrons. The van der Waals surface area contributed by atoms with Crippen LogP contribution in [0.3, 0.4) is 0 Å². The highest BCUT2D eigenvalue weighted by Crippen LogP contribution is 2.36. The van der Waals surface area contributed by atoms with Gasteiger partial charge in [0.15, 0.2) is 5.56 Å². The third-order valence-corrected chi connectivity index (χ3v) is 4.76. The number of nitrogens with zero attached hydrogens (tertiary/aromatic N) is 2. The van der Waals surface area contributed by atoms with Crippen LogP contribution in [0.4, 0.5) is 0 Å². The highest BCUT2D eigenvalue weighted by Gasteiger charge is 2.31. The van der Waals surface area contributed by atoms with Gasteiger partial charge in [0, 0.05) is 17.5 Å². The summed E-state index contributed by atoms with van der Waals surface area (Å²) in [4.78, 5) is 11.3. The van der Waals surface area contributed by atoms with Crippen molar-refractivity contribution in [3.05, 3.63) is 59.8 Å². The molecule has 0 saturated heterocycles. The number of rotatable bonds is 6. The summed E-state index contributed by atoms with van der Waals surface area (Å²) in [5, 5.41) is 14.4. The number of hydrogen-bond acceptors (Lipinski definition) is 3. The maximum atomic E-state index is 11.3. The molecule has 0 bridgehead atoms. The van der Waals surface area contributed by atoms with Gasteiger partial charge in [-0.05, 0) is 42.7 Å². The first-order chi connectivity index (χ1) is 12.1. The minimum Gasteiger partial charge on any atom is -0.478 e. The number of carbonyl (C=O) groups is 1. The van der Waals surface area contributed by atoms with Gasteiger partial charge in [0.25, 0.3) is 0 Å². The molecule has 1 heterocycles. The quantitative estimate of drug-likeness (QED) is 0.674. The molecule has 1 N–H and O–H groups in total. The van der Waals surface area contributed by atoms with Crippen molar-refractivity contribution in [2.24, 2.45) is 5.92 Å². The first kappa shape index (κ1) is 16.0. The standard InChI is InChI=1S/C19H17ClN2O3/c20-18(13-7-8-13)25-14-4-1-3-12(9-14)10-22-11-16-15(19(23)24)5-2-6-17(16)21-22/h1-6,9,11,13,18H,7-8,10H2,(H,23,24). The number of aromatic carboxylic acids is 1. The van der Waals surface area contributed by atoms with Crippen LogP contribution in [-0.2, 0) is 6.54 Å². The molecular weight excluding hydrogens is 340 g/mol. The average Bonchev–Trinajstić information content (AvgIpc) is 3.35. The van der Waals surface area contributed by atoms with Gasteiger partial charge in [-0.15, -0.1) is 0 Å². The van der Waals surface area contributed by atoms with E-state index in [1.165, 1.54) is 0 Å². The zero-order valence-corrected chi connectivity index (χ0v) is 14.2. The summed E-state index contributed by atoms with van der Waals surface area (Å²) < 4.78 is 7.53. The Balaban J connectivity index is 1.56. The van der Waals surface area contributed by atoms with Gasteiger partial charge in [0.1, 0.15) is 5.75 Å². The third kappa shape index (κ3) is 3.46. The number of benzene rings is 2. The van der Waals surface area contributed by atoms with Gasteiger partial charge in [0.2, 0.25) is 0 Å². The molecule has 0 aliphatic heterocycles. The van der Waals surface area contributed by atoms with Crippen LogP contribution in [-0.4, -0.2) is 26.4 Å². The molecule has 5 nitrogen and oxygen atoms in total. The molecule has 1 unspecified atom stereocenters. The van der Waals surface area contributed by atoms with Crippen molar-refractivity contribution >= 4 is 28.5 Å². The van der Waals surface area contributed by atoms with Gasteiger partial charge >= 0.3 is 5.97 Å². The molecule has 1 aliphatic rings. The summed E-state index contributed by atoms with van der Waals surface area (Å²) in [5.74, 6) is 0.247. The summed E-state index contributed by atoms with van der Waals surface area (Å²) in [6.07, 6.45) is 4.01. The normalized spacial score (nSPS) is 15.2. The number of carboxylic acid groups (broad SMARTS) is 1.